The summed E-state index contributed by atoms with van der Waals surface area (Å²) in [6.45, 7) is 5.92. The Morgan fingerprint density at radius 2 is 1.57 bits per heavy atom. The number of hydrogen-bond acceptors (Lipinski definition) is 4. The van der Waals surface area contributed by atoms with Crippen LogP contribution in [0.4, 0.5) is 17.1 Å². The highest BCUT2D eigenvalue weighted by Crippen LogP contribution is 2.24. The van der Waals surface area contributed by atoms with Crippen molar-refractivity contribution < 1.29 is 4.92 Å². The molecule has 0 saturated heterocycles. The van der Waals surface area contributed by atoms with Gasteiger partial charge in [0.25, 0.3) is 5.69 Å². The Balaban J connectivity index is 2.48. The molecule has 0 atom stereocenters. The Kier molecular flexibility index (Phi) is 4.03. The normalized spacial score (nSPS) is 10.2. The van der Waals surface area contributed by atoms with Crippen LogP contribution in [-0.4, -0.2) is 4.92 Å². The molecule has 0 aliphatic rings. The van der Waals surface area contributed by atoms with Crippen molar-refractivity contribution >= 4 is 17.1 Å². The number of nitro groups is 1. The Morgan fingerprint density at radius 1 is 1.00 bits per heavy atom. The van der Waals surface area contributed by atoms with Gasteiger partial charge in [-0.25, -0.2) is 0 Å². The topological polar surface area (TPSA) is 72.2 Å². The number of aryl methyl sites for hydroxylation is 3. The summed E-state index contributed by atoms with van der Waals surface area (Å²) in [5.41, 5.74) is 3.96. The van der Waals surface area contributed by atoms with E-state index in [0.29, 0.717) is 5.69 Å². The van der Waals surface area contributed by atoms with Crippen LogP contribution in [0, 0.1) is 30.9 Å². The maximum atomic E-state index is 12.0. The van der Waals surface area contributed by atoms with Gasteiger partial charge in [0.05, 0.1) is 10.6 Å². The molecule has 0 radical (unpaired) electrons. The molecule has 0 fully saturated rings. The third-order valence-electron chi connectivity index (χ3n) is 3.24. The molecule has 2 rings (SSSR count). The van der Waals surface area contributed by atoms with Crippen LogP contribution < -0.4 is 10.7 Å². The molecular formula is C16H16N2O3. The summed E-state index contributed by atoms with van der Waals surface area (Å²) in [6.07, 6.45) is 0. The van der Waals surface area contributed by atoms with Gasteiger partial charge in [-0.15, -0.1) is 0 Å². The zero-order valence-corrected chi connectivity index (χ0v) is 12.1. The van der Waals surface area contributed by atoms with E-state index in [1.807, 2.05) is 32.9 Å². The number of nitrogens with one attached hydrogen (secondary N) is 1. The van der Waals surface area contributed by atoms with E-state index in [2.05, 4.69) is 5.32 Å². The van der Waals surface area contributed by atoms with Gasteiger partial charge in [0.1, 0.15) is 0 Å². The van der Waals surface area contributed by atoms with Crippen LogP contribution in [0.15, 0.2) is 41.2 Å². The Morgan fingerprint density at radius 3 is 2.14 bits per heavy atom. The average molecular weight is 284 g/mol. The fourth-order valence-corrected chi connectivity index (χ4v) is 2.29. The van der Waals surface area contributed by atoms with Crippen LogP contribution in [0.2, 0.25) is 0 Å². The van der Waals surface area contributed by atoms with Gasteiger partial charge in [0, 0.05) is 17.8 Å². The van der Waals surface area contributed by atoms with E-state index in [1.54, 1.807) is 0 Å². The van der Waals surface area contributed by atoms with Crippen LogP contribution >= 0.6 is 0 Å². The maximum Gasteiger partial charge on any atom is 0.269 e. The zero-order valence-electron chi connectivity index (χ0n) is 12.1. The van der Waals surface area contributed by atoms with Crippen molar-refractivity contribution in [1.82, 2.24) is 0 Å². The first-order valence-electron chi connectivity index (χ1n) is 6.52. The second kappa shape index (κ2) is 5.75. The summed E-state index contributed by atoms with van der Waals surface area (Å²) in [5.74, 6) is 0. The van der Waals surface area contributed by atoms with Gasteiger partial charge in [0.2, 0.25) is 5.43 Å². The van der Waals surface area contributed by atoms with E-state index in [9.17, 15) is 14.9 Å². The monoisotopic (exact) mass is 284 g/mol. The second-order valence-corrected chi connectivity index (χ2v) is 5.03. The lowest BCUT2D eigenvalue weighted by Gasteiger charge is -2.12. The highest BCUT2D eigenvalue weighted by Gasteiger charge is 2.08. The van der Waals surface area contributed by atoms with E-state index in [4.69, 9.17) is 0 Å². The summed E-state index contributed by atoms with van der Waals surface area (Å²) < 4.78 is 0. The Bertz CT molecular complexity index is 747. The van der Waals surface area contributed by atoms with Crippen molar-refractivity contribution in [3.63, 3.8) is 0 Å². The van der Waals surface area contributed by atoms with Crippen molar-refractivity contribution in [2.45, 2.75) is 20.8 Å². The predicted octanol–water partition coefficient (Wildman–Crippen LogP) is 3.62. The van der Waals surface area contributed by atoms with Crippen LogP contribution in [0.25, 0.3) is 0 Å². The molecule has 2 aromatic carbocycles. The summed E-state index contributed by atoms with van der Waals surface area (Å²) in [7, 11) is 0. The molecule has 108 valence electrons. The molecule has 5 heteroatoms. The lowest BCUT2D eigenvalue weighted by molar-refractivity contribution is -0.384. The summed E-state index contributed by atoms with van der Waals surface area (Å²) in [5, 5.41) is 13.8. The number of nitrogens with zero attached hydrogens (tertiary/aromatic N) is 1. The van der Waals surface area contributed by atoms with Crippen molar-refractivity contribution in [2.75, 3.05) is 5.32 Å². The fraction of sp³-hybridized carbons (Fsp3) is 0.188. The standard InChI is InChI=1S/C16H16N2O3/c1-10-8-11(2)16(12(3)9-10)17-14-6-4-13(18(20)21)5-7-15(14)19/h4-9H,1-3H3,(H,17,19). The van der Waals surface area contributed by atoms with Crippen molar-refractivity contribution in [2.24, 2.45) is 0 Å². The minimum Gasteiger partial charge on any atom is -0.352 e. The second-order valence-electron chi connectivity index (χ2n) is 5.03. The van der Waals surface area contributed by atoms with Gasteiger partial charge in [-0.05, 0) is 44.0 Å². The van der Waals surface area contributed by atoms with E-state index >= 15 is 0 Å². The minimum atomic E-state index is -0.522. The molecule has 0 aliphatic heterocycles. The van der Waals surface area contributed by atoms with Crippen molar-refractivity contribution in [3.8, 4) is 0 Å². The van der Waals surface area contributed by atoms with Gasteiger partial charge in [-0.1, -0.05) is 17.7 Å². The summed E-state index contributed by atoms with van der Waals surface area (Å²) in [4.78, 5) is 22.2. The largest absolute Gasteiger partial charge is 0.352 e. The highest BCUT2D eigenvalue weighted by atomic mass is 16.6. The smallest absolute Gasteiger partial charge is 0.269 e. The molecule has 0 bridgehead atoms. The first kappa shape index (κ1) is 14.7. The molecule has 0 aromatic heterocycles. The Hall–Kier alpha value is -2.69. The Labute approximate surface area is 122 Å². The molecule has 0 saturated carbocycles. The molecule has 0 spiro atoms. The number of anilines is 2. The van der Waals surface area contributed by atoms with Gasteiger partial charge >= 0.3 is 0 Å². The average Bonchev–Trinajstić information content (AvgIpc) is 2.56. The van der Waals surface area contributed by atoms with Gasteiger partial charge < -0.3 is 5.32 Å². The van der Waals surface area contributed by atoms with Crippen LogP contribution in [0.1, 0.15) is 16.7 Å². The van der Waals surface area contributed by atoms with E-state index < -0.39 is 4.92 Å². The van der Waals surface area contributed by atoms with Gasteiger partial charge in [-0.3, -0.25) is 14.9 Å². The quantitative estimate of drug-likeness (QED) is 0.690. The number of hydrogen-bond donors (Lipinski definition) is 1. The SMILES string of the molecule is Cc1cc(C)c(Nc2ccc([N+](=O)[O-])ccc2=O)c(C)c1. The summed E-state index contributed by atoms with van der Waals surface area (Å²) >= 11 is 0. The van der Waals surface area contributed by atoms with E-state index in [1.165, 1.54) is 24.3 Å². The molecule has 5 nitrogen and oxygen atoms in total. The van der Waals surface area contributed by atoms with Gasteiger partial charge in [-0.2, -0.15) is 0 Å². The van der Waals surface area contributed by atoms with Crippen LogP contribution in [0.5, 0.6) is 0 Å². The van der Waals surface area contributed by atoms with E-state index in [-0.39, 0.29) is 11.1 Å². The zero-order chi connectivity index (χ0) is 15.6. The highest BCUT2D eigenvalue weighted by molar-refractivity contribution is 5.67. The fourth-order valence-electron chi connectivity index (χ4n) is 2.29. The predicted molar refractivity (Wildman–Crippen MR) is 83.3 cm³/mol. The number of rotatable bonds is 3. The molecule has 1 N–H and O–H groups in total. The molecule has 0 aliphatic carbocycles. The van der Waals surface area contributed by atoms with E-state index in [0.717, 1.165) is 22.4 Å². The molecular weight excluding hydrogens is 268 g/mol. The minimum absolute atomic E-state index is 0.113. The third-order valence-corrected chi connectivity index (χ3v) is 3.24. The molecule has 0 heterocycles. The first-order valence-corrected chi connectivity index (χ1v) is 6.52. The molecule has 0 amide bonds. The number of benzene rings is 1. The van der Waals surface area contributed by atoms with Gasteiger partial charge in [0.15, 0.2) is 0 Å². The van der Waals surface area contributed by atoms with Crippen LogP contribution in [-0.2, 0) is 0 Å². The molecule has 21 heavy (non-hydrogen) atoms. The molecule has 0 unspecified atom stereocenters. The lowest BCUT2D eigenvalue weighted by Crippen LogP contribution is -2.06. The maximum absolute atomic E-state index is 12.0. The van der Waals surface area contributed by atoms with Crippen molar-refractivity contribution in [3.05, 3.63) is 73.4 Å². The summed E-state index contributed by atoms with van der Waals surface area (Å²) in [6, 6.07) is 9.22. The van der Waals surface area contributed by atoms with Crippen LogP contribution in [0.3, 0.4) is 0 Å². The lowest BCUT2D eigenvalue weighted by atomic mass is 10.0. The van der Waals surface area contributed by atoms with Crippen molar-refractivity contribution in [1.29, 1.82) is 0 Å². The third kappa shape index (κ3) is 3.25. The first-order chi connectivity index (χ1) is 9.88. The molecule has 2 aromatic rings.